The van der Waals surface area contributed by atoms with Gasteiger partial charge in [0.15, 0.2) is 5.76 Å². The van der Waals surface area contributed by atoms with Gasteiger partial charge in [-0.3, -0.25) is 0 Å². The summed E-state index contributed by atoms with van der Waals surface area (Å²) in [6, 6.07) is 11.0. The number of halogens is 1. The molecule has 0 unspecified atom stereocenters. The molecular formula is C12H9ClN4OS. The molecule has 0 spiro atoms. The third kappa shape index (κ3) is 2.16. The van der Waals surface area contributed by atoms with Gasteiger partial charge in [0.05, 0.1) is 0 Å². The number of furan rings is 1. The minimum atomic E-state index is 0.333. The molecule has 0 saturated heterocycles. The van der Waals surface area contributed by atoms with Crippen molar-refractivity contribution in [3.05, 3.63) is 46.2 Å². The number of aromatic amines is 1. The van der Waals surface area contributed by atoms with Crippen molar-refractivity contribution in [2.45, 2.75) is 0 Å². The largest absolute Gasteiger partial charge is 0.453 e. The minimum absolute atomic E-state index is 0.333. The van der Waals surface area contributed by atoms with Gasteiger partial charge in [0.1, 0.15) is 5.76 Å². The molecule has 19 heavy (non-hydrogen) atoms. The summed E-state index contributed by atoms with van der Waals surface area (Å²) in [6.45, 7) is 0. The number of H-pyrrole nitrogens is 1. The van der Waals surface area contributed by atoms with Crippen LogP contribution in [0.4, 0.5) is 0 Å². The van der Waals surface area contributed by atoms with E-state index < -0.39 is 0 Å². The maximum Gasteiger partial charge on any atom is 0.216 e. The highest BCUT2D eigenvalue weighted by molar-refractivity contribution is 7.71. The molecule has 3 aromatic rings. The van der Waals surface area contributed by atoms with Crippen LogP contribution in [0.2, 0.25) is 5.02 Å². The fourth-order valence-electron chi connectivity index (χ4n) is 1.71. The Balaban J connectivity index is 2.02. The second-order valence-corrected chi connectivity index (χ2v) is 4.72. The zero-order valence-electron chi connectivity index (χ0n) is 9.63. The van der Waals surface area contributed by atoms with E-state index in [4.69, 9.17) is 34.1 Å². The molecule has 0 amide bonds. The molecule has 2 heterocycles. The van der Waals surface area contributed by atoms with Crippen LogP contribution in [0, 0.1) is 4.77 Å². The molecule has 5 nitrogen and oxygen atoms in total. The van der Waals surface area contributed by atoms with Crippen molar-refractivity contribution in [3.8, 4) is 22.9 Å². The summed E-state index contributed by atoms with van der Waals surface area (Å²) in [4.78, 5) is 0. The van der Waals surface area contributed by atoms with Gasteiger partial charge in [0.2, 0.25) is 10.6 Å². The van der Waals surface area contributed by atoms with Crippen molar-refractivity contribution in [3.63, 3.8) is 0 Å². The molecule has 0 aliphatic heterocycles. The van der Waals surface area contributed by atoms with E-state index in [1.54, 1.807) is 18.2 Å². The number of nitrogens with two attached hydrogens (primary N) is 1. The fraction of sp³-hybridized carbons (Fsp3) is 0. The standard InChI is InChI=1S/C12H9ClN4OS/c13-8-3-1-7(2-4-8)9-5-6-10(18-9)11-15-16-12(19)17(11)14/h1-6H,14H2,(H,16,19). The highest BCUT2D eigenvalue weighted by Crippen LogP contribution is 2.27. The van der Waals surface area contributed by atoms with Crippen LogP contribution in [0.1, 0.15) is 0 Å². The Morgan fingerprint density at radius 1 is 1.16 bits per heavy atom. The Bertz CT molecular complexity index is 772. The number of hydrogen-bond acceptors (Lipinski definition) is 4. The predicted octanol–water partition coefficient (Wildman–Crippen LogP) is 3.23. The van der Waals surface area contributed by atoms with Crippen molar-refractivity contribution >= 4 is 23.8 Å². The lowest BCUT2D eigenvalue weighted by Gasteiger charge is -1.98. The van der Waals surface area contributed by atoms with Gasteiger partial charge in [-0.2, -0.15) is 0 Å². The van der Waals surface area contributed by atoms with Crippen LogP contribution < -0.4 is 5.84 Å². The number of aromatic nitrogens is 3. The second-order valence-electron chi connectivity index (χ2n) is 3.89. The van der Waals surface area contributed by atoms with E-state index in [1.807, 2.05) is 18.2 Å². The number of hydrogen-bond donors (Lipinski definition) is 2. The first-order valence-corrected chi connectivity index (χ1v) is 6.22. The first-order chi connectivity index (χ1) is 9.15. The average molecular weight is 293 g/mol. The van der Waals surface area contributed by atoms with E-state index in [0.717, 1.165) is 5.56 Å². The van der Waals surface area contributed by atoms with Crippen LogP contribution in [0.15, 0.2) is 40.8 Å². The number of nitrogen functional groups attached to an aromatic ring is 1. The lowest BCUT2D eigenvalue weighted by Crippen LogP contribution is -2.09. The molecule has 1 aromatic carbocycles. The van der Waals surface area contributed by atoms with Crippen molar-refractivity contribution in [2.75, 3.05) is 5.84 Å². The normalized spacial score (nSPS) is 10.8. The molecule has 0 bridgehead atoms. The summed E-state index contributed by atoms with van der Waals surface area (Å²) >= 11 is 10.8. The molecular weight excluding hydrogens is 284 g/mol. The van der Waals surface area contributed by atoms with Crippen LogP contribution in [0.5, 0.6) is 0 Å². The van der Waals surface area contributed by atoms with Crippen LogP contribution in [-0.4, -0.2) is 14.9 Å². The number of rotatable bonds is 2. The van der Waals surface area contributed by atoms with E-state index >= 15 is 0 Å². The Hall–Kier alpha value is -2.05. The van der Waals surface area contributed by atoms with Gasteiger partial charge in [-0.15, -0.1) is 5.10 Å². The maximum atomic E-state index is 5.85. The van der Waals surface area contributed by atoms with Crippen molar-refractivity contribution in [1.29, 1.82) is 0 Å². The monoisotopic (exact) mass is 292 g/mol. The highest BCUT2D eigenvalue weighted by atomic mass is 35.5. The summed E-state index contributed by atoms with van der Waals surface area (Å²) in [5.41, 5.74) is 0.924. The number of nitrogens with zero attached hydrogens (tertiary/aromatic N) is 2. The van der Waals surface area contributed by atoms with Crippen molar-refractivity contribution < 1.29 is 4.42 Å². The smallest absolute Gasteiger partial charge is 0.216 e. The van der Waals surface area contributed by atoms with Gasteiger partial charge in [0.25, 0.3) is 0 Å². The molecule has 0 saturated carbocycles. The maximum absolute atomic E-state index is 5.85. The summed E-state index contributed by atoms with van der Waals surface area (Å²) < 4.78 is 7.31. The molecule has 7 heteroatoms. The first-order valence-electron chi connectivity index (χ1n) is 5.44. The minimum Gasteiger partial charge on any atom is -0.453 e. The van der Waals surface area contributed by atoms with Crippen LogP contribution >= 0.6 is 23.8 Å². The van der Waals surface area contributed by atoms with Gasteiger partial charge in [-0.05, 0) is 48.6 Å². The zero-order valence-corrected chi connectivity index (χ0v) is 11.2. The van der Waals surface area contributed by atoms with E-state index in [-0.39, 0.29) is 0 Å². The van der Waals surface area contributed by atoms with E-state index in [9.17, 15) is 0 Å². The van der Waals surface area contributed by atoms with Gasteiger partial charge in [0, 0.05) is 10.6 Å². The Labute approximate surface area is 118 Å². The molecule has 0 atom stereocenters. The molecule has 96 valence electrons. The van der Waals surface area contributed by atoms with Crippen LogP contribution in [-0.2, 0) is 0 Å². The first kappa shape index (κ1) is 12.0. The van der Waals surface area contributed by atoms with Gasteiger partial charge < -0.3 is 10.3 Å². The molecule has 2 aromatic heterocycles. The third-order valence-corrected chi connectivity index (χ3v) is 3.20. The van der Waals surface area contributed by atoms with Crippen LogP contribution in [0.25, 0.3) is 22.9 Å². The fourth-order valence-corrected chi connectivity index (χ4v) is 1.96. The van der Waals surface area contributed by atoms with E-state index in [2.05, 4.69) is 10.2 Å². The van der Waals surface area contributed by atoms with Gasteiger partial charge in [-0.25, -0.2) is 9.77 Å². The zero-order chi connectivity index (χ0) is 13.4. The van der Waals surface area contributed by atoms with E-state index in [1.165, 1.54) is 4.68 Å². The van der Waals surface area contributed by atoms with Crippen molar-refractivity contribution in [1.82, 2.24) is 14.9 Å². The van der Waals surface area contributed by atoms with Crippen LogP contribution in [0.3, 0.4) is 0 Å². The molecule has 0 aliphatic rings. The summed E-state index contributed by atoms with van der Waals surface area (Å²) in [5.74, 6) is 7.44. The number of nitrogens with one attached hydrogen (secondary N) is 1. The molecule has 0 radical (unpaired) electrons. The van der Waals surface area contributed by atoms with Crippen molar-refractivity contribution in [2.24, 2.45) is 0 Å². The summed E-state index contributed by atoms with van der Waals surface area (Å²) in [6.07, 6.45) is 0. The average Bonchev–Trinajstić information content (AvgIpc) is 2.99. The second kappa shape index (κ2) is 4.56. The summed E-state index contributed by atoms with van der Waals surface area (Å²) in [7, 11) is 0. The number of benzene rings is 1. The quantitative estimate of drug-likeness (QED) is 0.562. The lowest BCUT2D eigenvalue weighted by atomic mass is 10.2. The van der Waals surface area contributed by atoms with E-state index in [0.29, 0.717) is 27.1 Å². The topological polar surface area (TPSA) is 72.8 Å². The predicted molar refractivity (Wildman–Crippen MR) is 75.7 cm³/mol. The van der Waals surface area contributed by atoms with Gasteiger partial charge in [-0.1, -0.05) is 11.6 Å². The summed E-state index contributed by atoms with van der Waals surface area (Å²) in [5, 5.41) is 7.30. The SMILES string of the molecule is Nn1c(-c2ccc(-c3ccc(Cl)cc3)o2)n[nH]c1=S. The van der Waals surface area contributed by atoms with Gasteiger partial charge >= 0.3 is 0 Å². The molecule has 0 aliphatic carbocycles. The Kier molecular flexibility index (Phi) is 2.88. The molecule has 0 fully saturated rings. The third-order valence-electron chi connectivity index (χ3n) is 2.66. The lowest BCUT2D eigenvalue weighted by molar-refractivity contribution is 0.589. The Morgan fingerprint density at radius 2 is 1.84 bits per heavy atom. The molecule has 3 rings (SSSR count). The Morgan fingerprint density at radius 3 is 2.47 bits per heavy atom. The molecule has 3 N–H and O–H groups in total. The highest BCUT2D eigenvalue weighted by Gasteiger charge is 2.12.